The highest BCUT2D eigenvalue weighted by Gasteiger charge is 2.34. The van der Waals surface area contributed by atoms with Crippen LogP contribution in [0.15, 0.2) is 0 Å². The Morgan fingerprint density at radius 1 is 1.71 bits per heavy atom. The number of amides is 1. The molecule has 0 bridgehead atoms. The lowest BCUT2D eigenvalue weighted by Crippen LogP contribution is -2.42. The van der Waals surface area contributed by atoms with Crippen LogP contribution in [0.5, 0.6) is 0 Å². The molecule has 5 heteroatoms. The Kier molecular flexibility index (Phi) is 4.22. The summed E-state index contributed by atoms with van der Waals surface area (Å²) in [5.41, 5.74) is 0. The van der Waals surface area contributed by atoms with E-state index in [1.807, 2.05) is 13.2 Å². The quantitative estimate of drug-likeness (QED) is 0.681. The highest BCUT2D eigenvalue weighted by atomic mass is 32.2. The Hall–Kier alpha value is -0.260. The first-order valence-corrected chi connectivity index (χ1v) is 6.00. The van der Waals surface area contributed by atoms with Crippen LogP contribution in [0.25, 0.3) is 0 Å². The van der Waals surface area contributed by atoms with Crippen molar-refractivity contribution in [2.75, 3.05) is 19.4 Å². The Bertz CT molecular complexity index is 208. The molecule has 0 aromatic rings. The molecular formula is C9H17NO3S. The van der Waals surface area contributed by atoms with Crippen LogP contribution < -0.4 is 0 Å². The number of β-amino-alcohol motifs (C(OH)–C–C–N with tert-alkyl or cyclic N) is 1. The minimum atomic E-state index is -0.536. The van der Waals surface area contributed by atoms with Gasteiger partial charge in [-0.25, -0.2) is 0 Å². The Morgan fingerprint density at radius 3 is 2.71 bits per heavy atom. The lowest BCUT2D eigenvalue weighted by atomic mass is 10.2. The van der Waals surface area contributed by atoms with Crippen molar-refractivity contribution in [3.63, 3.8) is 0 Å². The van der Waals surface area contributed by atoms with Gasteiger partial charge in [-0.2, -0.15) is 11.8 Å². The Morgan fingerprint density at radius 2 is 2.36 bits per heavy atom. The molecule has 3 unspecified atom stereocenters. The molecule has 1 amide bonds. The van der Waals surface area contributed by atoms with Gasteiger partial charge >= 0.3 is 0 Å². The number of carbonyl (C=O) groups excluding carboxylic acids is 1. The van der Waals surface area contributed by atoms with E-state index in [0.29, 0.717) is 6.54 Å². The van der Waals surface area contributed by atoms with Crippen LogP contribution in [0.3, 0.4) is 0 Å². The van der Waals surface area contributed by atoms with Gasteiger partial charge in [-0.3, -0.25) is 4.79 Å². The largest absolute Gasteiger partial charge is 0.395 e. The van der Waals surface area contributed by atoms with E-state index in [2.05, 4.69) is 0 Å². The van der Waals surface area contributed by atoms with Crippen molar-refractivity contribution in [3.05, 3.63) is 0 Å². The Balaban J connectivity index is 2.59. The van der Waals surface area contributed by atoms with Crippen LogP contribution in [0.4, 0.5) is 0 Å². The molecule has 0 spiro atoms. The highest BCUT2D eigenvalue weighted by Crippen LogP contribution is 2.21. The van der Waals surface area contributed by atoms with Gasteiger partial charge in [0.2, 0.25) is 5.91 Å². The van der Waals surface area contributed by atoms with Crippen molar-refractivity contribution in [1.82, 2.24) is 4.90 Å². The monoisotopic (exact) mass is 219 g/mol. The molecular weight excluding hydrogens is 202 g/mol. The molecule has 1 rings (SSSR count). The molecule has 0 saturated carbocycles. The molecule has 1 aliphatic heterocycles. The molecule has 2 N–H and O–H groups in total. The van der Waals surface area contributed by atoms with Crippen LogP contribution in [-0.4, -0.2) is 57.8 Å². The van der Waals surface area contributed by atoms with Gasteiger partial charge in [-0.1, -0.05) is 0 Å². The van der Waals surface area contributed by atoms with E-state index in [1.54, 1.807) is 16.7 Å². The van der Waals surface area contributed by atoms with E-state index in [4.69, 9.17) is 5.11 Å². The zero-order valence-electron chi connectivity index (χ0n) is 8.51. The van der Waals surface area contributed by atoms with Crippen molar-refractivity contribution >= 4 is 17.7 Å². The first kappa shape index (κ1) is 11.8. The van der Waals surface area contributed by atoms with Gasteiger partial charge in [0.25, 0.3) is 0 Å². The van der Waals surface area contributed by atoms with Crippen LogP contribution in [0, 0.1) is 0 Å². The van der Waals surface area contributed by atoms with E-state index < -0.39 is 6.10 Å². The number of rotatable bonds is 4. The first-order valence-electron chi connectivity index (χ1n) is 4.71. The molecule has 1 aliphatic rings. The third-order valence-corrected chi connectivity index (χ3v) is 3.80. The molecule has 0 aromatic heterocycles. The van der Waals surface area contributed by atoms with Crippen molar-refractivity contribution in [2.45, 2.75) is 30.7 Å². The maximum Gasteiger partial charge on any atom is 0.225 e. The molecule has 1 saturated heterocycles. The molecule has 4 nitrogen and oxygen atoms in total. The average Bonchev–Trinajstić information content (AvgIpc) is 2.47. The summed E-state index contributed by atoms with van der Waals surface area (Å²) in [6.45, 7) is 2.37. The number of nitrogens with zero attached hydrogens (tertiary/aromatic N) is 1. The smallest absolute Gasteiger partial charge is 0.225 e. The zero-order chi connectivity index (χ0) is 10.7. The van der Waals surface area contributed by atoms with Gasteiger partial charge in [0.05, 0.1) is 19.1 Å². The second-order valence-electron chi connectivity index (χ2n) is 3.60. The summed E-state index contributed by atoms with van der Waals surface area (Å²) in [6, 6.07) is -0.0142. The summed E-state index contributed by atoms with van der Waals surface area (Å²) in [6.07, 6.45) is 1.59. The van der Waals surface area contributed by atoms with E-state index in [0.717, 1.165) is 0 Å². The fraction of sp³-hybridized carbons (Fsp3) is 0.889. The summed E-state index contributed by atoms with van der Waals surface area (Å²) in [5.74, 6) is -0.0162. The first-order chi connectivity index (χ1) is 6.60. The second kappa shape index (κ2) is 5.00. The SMILES string of the molecule is CSC(CO)C(C)N1CC(O)CC1=O. The fourth-order valence-corrected chi connectivity index (χ4v) is 2.42. The number of aliphatic hydroxyl groups is 2. The fourth-order valence-electron chi connectivity index (χ4n) is 1.73. The molecule has 14 heavy (non-hydrogen) atoms. The molecule has 82 valence electrons. The predicted octanol–water partition coefficient (Wildman–Crippen LogP) is -0.308. The summed E-state index contributed by atoms with van der Waals surface area (Å²) < 4.78 is 0. The topological polar surface area (TPSA) is 60.8 Å². The molecule has 0 radical (unpaired) electrons. The van der Waals surface area contributed by atoms with Crippen LogP contribution in [0.2, 0.25) is 0 Å². The van der Waals surface area contributed by atoms with Gasteiger partial charge in [0.15, 0.2) is 0 Å². The normalized spacial score (nSPS) is 26.7. The van der Waals surface area contributed by atoms with Gasteiger partial charge in [0, 0.05) is 17.8 Å². The van der Waals surface area contributed by atoms with Crippen LogP contribution in [-0.2, 0) is 4.79 Å². The van der Waals surface area contributed by atoms with Gasteiger partial charge in [-0.05, 0) is 13.2 Å². The number of carbonyl (C=O) groups is 1. The van der Waals surface area contributed by atoms with Crippen LogP contribution in [0.1, 0.15) is 13.3 Å². The lowest BCUT2D eigenvalue weighted by molar-refractivity contribution is -0.129. The second-order valence-corrected chi connectivity index (χ2v) is 4.68. The van der Waals surface area contributed by atoms with Gasteiger partial charge < -0.3 is 15.1 Å². The summed E-state index contributed by atoms with van der Waals surface area (Å²) in [5, 5.41) is 18.4. The number of hydrogen-bond acceptors (Lipinski definition) is 4. The van der Waals surface area contributed by atoms with Crippen molar-refractivity contribution in [1.29, 1.82) is 0 Å². The number of hydrogen-bond donors (Lipinski definition) is 2. The zero-order valence-corrected chi connectivity index (χ0v) is 9.33. The summed E-state index contributed by atoms with van der Waals surface area (Å²) >= 11 is 1.54. The van der Waals surface area contributed by atoms with E-state index in [-0.39, 0.29) is 30.2 Å². The van der Waals surface area contributed by atoms with Crippen molar-refractivity contribution in [3.8, 4) is 0 Å². The molecule has 0 aromatic carbocycles. The van der Waals surface area contributed by atoms with Crippen molar-refractivity contribution in [2.24, 2.45) is 0 Å². The Labute approximate surface area is 88.3 Å². The van der Waals surface area contributed by atoms with E-state index in [9.17, 15) is 9.90 Å². The van der Waals surface area contributed by atoms with E-state index >= 15 is 0 Å². The highest BCUT2D eigenvalue weighted by molar-refractivity contribution is 7.99. The number of thioether (sulfide) groups is 1. The van der Waals surface area contributed by atoms with E-state index in [1.165, 1.54) is 0 Å². The summed E-state index contributed by atoms with van der Waals surface area (Å²) in [7, 11) is 0. The van der Waals surface area contributed by atoms with Gasteiger partial charge in [0.1, 0.15) is 0 Å². The van der Waals surface area contributed by atoms with Gasteiger partial charge in [-0.15, -0.1) is 0 Å². The average molecular weight is 219 g/mol. The molecule has 1 fully saturated rings. The molecule has 0 aliphatic carbocycles. The molecule has 3 atom stereocenters. The lowest BCUT2D eigenvalue weighted by Gasteiger charge is -2.29. The molecule has 1 heterocycles. The van der Waals surface area contributed by atoms with Crippen LogP contribution >= 0.6 is 11.8 Å². The minimum absolute atomic E-state index is 0.0142. The van der Waals surface area contributed by atoms with Crippen molar-refractivity contribution < 1.29 is 15.0 Å². The minimum Gasteiger partial charge on any atom is -0.395 e. The maximum atomic E-state index is 11.4. The third-order valence-electron chi connectivity index (χ3n) is 2.65. The number of likely N-dealkylation sites (tertiary alicyclic amines) is 1. The number of aliphatic hydroxyl groups excluding tert-OH is 2. The third kappa shape index (κ3) is 2.40. The standard InChI is InChI=1S/C9H17NO3S/c1-6(8(5-11)14-2)10-4-7(12)3-9(10)13/h6-8,11-12H,3-5H2,1-2H3. The predicted molar refractivity (Wildman–Crippen MR) is 56.2 cm³/mol. The summed E-state index contributed by atoms with van der Waals surface area (Å²) in [4.78, 5) is 13.1. The maximum absolute atomic E-state index is 11.4.